The number of rotatable bonds is 2. The molecule has 0 bridgehead atoms. The lowest BCUT2D eigenvalue weighted by atomic mass is 10.1. The average molecular weight is 393 g/mol. The molecule has 4 rings (SSSR count). The fraction of sp³-hybridized carbons (Fsp3) is 0.143. The molecule has 2 aromatic rings. The highest BCUT2D eigenvalue weighted by Gasteiger charge is 2.24. The van der Waals surface area contributed by atoms with Gasteiger partial charge in [-0.05, 0) is 47.7 Å². The summed E-state index contributed by atoms with van der Waals surface area (Å²) in [6.07, 6.45) is 1.71. The zero-order chi connectivity index (χ0) is 18.6. The predicted octanol–water partition coefficient (Wildman–Crippen LogP) is 3.97. The summed E-state index contributed by atoms with van der Waals surface area (Å²) in [4.78, 5) is 26.8. The van der Waals surface area contributed by atoms with Crippen LogP contribution in [-0.2, 0) is 4.79 Å². The summed E-state index contributed by atoms with van der Waals surface area (Å²) in [7, 11) is 0. The van der Waals surface area contributed by atoms with Crippen LogP contribution in [0.3, 0.4) is 0 Å². The zero-order valence-electron chi connectivity index (χ0n) is 14.4. The van der Waals surface area contributed by atoms with Crippen LogP contribution in [0, 0.1) is 11.8 Å². The molecule has 6 heteroatoms. The third-order valence-corrected chi connectivity index (χ3v) is 6.03. The topological polar surface area (TPSA) is 49.4 Å². The van der Waals surface area contributed by atoms with Gasteiger partial charge in [-0.2, -0.15) is 0 Å². The lowest BCUT2D eigenvalue weighted by Crippen LogP contribution is -2.29. The smallest absolute Gasteiger partial charge is 0.290 e. The van der Waals surface area contributed by atoms with Gasteiger partial charge in [-0.3, -0.25) is 14.9 Å². The fourth-order valence-electron chi connectivity index (χ4n) is 2.86. The third-order valence-electron chi connectivity index (χ3n) is 4.18. The fourth-order valence-corrected chi connectivity index (χ4v) is 4.60. The summed E-state index contributed by atoms with van der Waals surface area (Å²) in [5.74, 6) is 7.20. The van der Waals surface area contributed by atoms with Crippen molar-refractivity contribution in [1.82, 2.24) is 5.32 Å². The molecule has 1 N–H and O–H groups in total. The number of benzene rings is 2. The van der Waals surface area contributed by atoms with Crippen LogP contribution in [0.4, 0.5) is 10.5 Å². The van der Waals surface area contributed by atoms with E-state index in [4.69, 9.17) is 0 Å². The lowest BCUT2D eigenvalue weighted by Gasteiger charge is -2.28. The van der Waals surface area contributed by atoms with Crippen LogP contribution < -0.4 is 10.2 Å². The summed E-state index contributed by atoms with van der Waals surface area (Å²) >= 11 is 2.81. The van der Waals surface area contributed by atoms with Crippen LogP contribution >= 0.6 is 23.5 Å². The molecule has 4 nitrogen and oxygen atoms in total. The molecule has 134 valence electrons. The molecule has 2 aliphatic rings. The number of para-hydroxylation sites is 1. The number of fused-ring (bicyclic) bond motifs is 1. The Labute approximate surface area is 166 Å². The van der Waals surface area contributed by atoms with Gasteiger partial charge >= 0.3 is 0 Å². The van der Waals surface area contributed by atoms with Crippen molar-refractivity contribution >= 4 is 46.4 Å². The van der Waals surface area contributed by atoms with Crippen LogP contribution in [0.5, 0.6) is 0 Å². The number of thioether (sulfide) groups is 2. The van der Waals surface area contributed by atoms with Crippen molar-refractivity contribution in [3.05, 3.63) is 64.6 Å². The van der Waals surface area contributed by atoms with Gasteiger partial charge in [0.15, 0.2) is 0 Å². The maximum absolute atomic E-state index is 11.6. The molecule has 0 aromatic heterocycles. The second kappa shape index (κ2) is 7.95. The first-order valence-corrected chi connectivity index (χ1v) is 10.3. The molecule has 0 radical (unpaired) electrons. The Morgan fingerprint density at radius 1 is 1.11 bits per heavy atom. The van der Waals surface area contributed by atoms with Crippen molar-refractivity contribution in [2.24, 2.45) is 0 Å². The van der Waals surface area contributed by atoms with Gasteiger partial charge in [0.1, 0.15) is 0 Å². The molecule has 0 saturated carbocycles. The van der Waals surface area contributed by atoms with Gasteiger partial charge in [0, 0.05) is 22.8 Å². The Bertz CT molecular complexity index is 987. The number of hydrogen-bond acceptors (Lipinski definition) is 5. The van der Waals surface area contributed by atoms with E-state index in [9.17, 15) is 9.59 Å². The maximum atomic E-state index is 11.6. The van der Waals surface area contributed by atoms with Gasteiger partial charge < -0.3 is 4.90 Å². The van der Waals surface area contributed by atoms with E-state index in [1.54, 1.807) is 6.08 Å². The van der Waals surface area contributed by atoms with Gasteiger partial charge in [0.25, 0.3) is 11.1 Å². The highest BCUT2D eigenvalue weighted by molar-refractivity contribution is 8.18. The molecule has 0 atom stereocenters. The Morgan fingerprint density at radius 2 is 1.93 bits per heavy atom. The molecule has 0 spiro atoms. The second-order valence-corrected chi connectivity index (χ2v) is 8.17. The molecule has 2 amide bonds. The molecular weight excluding hydrogens is 376 g/mol. The van der Waals surface area contributed by atoms with Gasteiger partial charge in [0.2, 0.25) is 0 Å². The minimum absolute atomic E-state index is 0.327. The minimum atomic E-state index is -0.339. The first-order chi connectivity index (χ1) is 13.2. The number of carbonyl (C=O) groups excluding carboxylic acids is 2. The largest absolute Gasteiger partial charge is 0.359 e. The summed E-state index contributed by atoms with van der Waals surface area (Å²) in [6.45, 7) is 1.70. The van der Waals surface area contributed by atoms with E-state index in [2.05, 4.69) is 46.3 Å². The van der Waals surface area contributed by atoms with E-state index in [-0.39, 0.29) is 11.1 Å². The quantitative estimate of drug-likeness (QED) is 0.619. The van der Waals surface area contributed by atoms with Gasteiger partial charge in [-0.1, -0.05) is 36.1 Å². The van der Waals surface area contributed by atoms with E-state index in [0.29, 0.717) is 11.4 Å². The number of hydrogen-bond donors (Lipinski definition) is 1. The lowest BCUT2D eigenvalue weighted by molar-refractivity contribution is -0.115. The number of nitrogens with zero attached hydrogens (tertiary/aromatic N) is 1. The highest BCUT2D eigenvalue weighted by Crippen LogP contribution is 2.33. The van der Waals surface area contributed by atoms with Crippen molar-refractivity contribution in [3.8, 4) is 11.8 Å². The van der Waals surface area contributed by atoms with Crippen molar-refractivity contribution in [1.29, 1.82) is 0 Å². The van der Waals surface area contributed by atoms with E-state index in [1.165, 1.54) is 10.6 Å². The molecular formula is C21H16N2O2S2. The Kier molecular flexibility index (Phi) is 5.23. The number of imide groups is 1. The highest BCUT2D eigenvalue weighted by atomic mass is 32.2. The van der Waals surface area contributed by atoms with Gasteiger partial charge in [-0.15, -0.1) is 11.8 Å². The first kappa shape index (κ1) is 17.8. The standard InChI is InChI=1S/C21H16N2O2S2/c24-20-19(27-21(25)22-20)14-16-9-7-15(8-10-16)4-3-11-23-12-13-26-18-6-2-1-5-17(18)23/h1-2,5-10,14H,11-13H2,(H,22,24,25)/b19-14+. The van der Waals surface area contributed by atoms with Gasteiger partial charge in [0.05, 0.1) is 17.1 Å². The van der Waals surface area contributed by atoms with E-state index in [0.717, 1.165) is 35.2 Å². The van der Waals surface area contributed by atoms with E-state index >= 15 is 0 Å². The van der Waals surface area contributed by atoms with Crippen molar-refractivity contribution < 1.29 is 9.59 Å². The molecule has 27 heavy (non-hydrogen) atoms. The SMILES string of the molecule is O=C1NC(=O)/C(=C\c2ccc(C#CCN3CCSc4ccccc43)cc2)S1. The van der Waals surface area contributed by atoms with Crippen LogP contribution in [0.2, 0.25) is 0 Å². The molecule has 0 unspecified atom stereocenters. The monoisotopic (exact) mass is 392 g/mol. The minimum Gasteiger partial charge on any atom is -0.359 e. The Balaban J connectivity index is 1.42. The van der Waals surface area contributed by atoms with Crippen molar-refractivity contribution in [3.63, 3.8) is 0 Å². The van der Waals surface area contributed by atoms with Gasteiger partial charge in [-0.25, -0.2) is 0 Å². The number of anilines is 1. The second-order valence-electron chi connectivity index (χ2n) is 6.01. The molecule has 1 saturated heterocycles. The number of amides is 2. The Hall–Kier alpha value is -2.62. The summed E-state index contributed by atoms with van der Waals surface area (Å²) < 4.78 is 0. The van der Waals surface area contributed by atoms with Crippen LogP contribution in [0.25, 0.3) is 6.08 Å². The van der Waals surface area contributed by atoms with Crippen LogP contribution in [0.1, 0.15) is 11.1 Å². The summed E-state index contributed by atoms with van der Waals surface area (Å²) in [5.41, 5.74) is 3.05. The van der Waals surface area contributed by atoms with E-state index < -0.39 is 0 Å². The summed E-state index contributed by atoms with van der Waals surface area (Å²) in [6, 6.07) is 16.1. The molecule has 2 aromatic carbocycles. The third kappa shape index (κ3) is 4.21. The van der Waals surface area contributed by atoms with E-state index in [1.807, 2.05) is 36.0 Å². The van der Waals surface area contributed by atoms with Crippen molar-refractivity contribution in [2.45, 2.75) is 4.90 Å². The molecule has 0 aliphatic carbocycles. The van der Waals surface area contributed by atoms with Crippen LogP contribution in [-0.4, -0.2) is 30.0 Å². The predicted molar refractivity (Wildman–Crippen MR) is 112 cm³/mol. The maximum Gasteiger partial charge on any atom is 0.290 e. The Morgan fingerprint density at radius 3 is 2.70 bits per heavy atom. The van der Waals surface area contributed by atoms with Crippen LogP contribution in [0.15, 0.2) is 58.3 Å². The number of nitrogens with one attached hydrogen (secondary N) is 1. The number of carbonyl (C=O) groups is 2. The first-order valence-electron chi connectivity index (χ1n) is 8.49. The molecule has 2 heterocycles. The zero-order valence-corrected chi connectivity index (χ0v) is 16.0. The van der Waals surface area contributed by atoms with Crippen molar-refractivity contribution in [2.75, 3.05) is 23.7 Å². The normalized spacial score (nSPS) is 17.3. The average Bonchev–Trinajstić information content (AvgIpc) is 3.00. The molecule has 1 fully saturated rings. The summed E-state index contributed by atoms with van der Waals surface area (Å²) in [5, 5.41) is 1.93. The molecule has 2 aliphatic heterocycles.